The first-order valence-electron chi connectivity index (χ1n) is 12.4. The van der Waals surface area contributed by atoms with Crippen LogP contribution in [0.25, 0.3) is 0 Å². The van der Waals surface area contributed by atoms with Crippen molar-refractivity contribution >= 4 is 51.3 Å². The Morgan fingerprint density at radius 2 is 1.74 bits per heavy atom. The number of rotatable bonds is 2. The summed E-state index contributed by atoms with van der Waals surface area (Å²) >= 11 is 3.45. The third-order valence-corrected chi connectivity index (χ3v) is 9.30. The van der Waals surface area contributed by atoms with E-state index in [-0.39, 0.29) is 18.6 Å². The molecule has 2 saturated heterocycles. The number of hydrogen-bond donors (Lipinski definition) is 2. The Morgan fingerprint density at radius 1 is 1.03 bits per heavy atom. The molecule has 3 fully saturated rings. The molecule has 2 aromatic rings. The molecule has 2 aromatic carbocycles. The zero-order valence-electron chi connectivity index (χ0n) is 20.3. The van der Waals surface area contributed by atoms with Crippen molar-refractivity contribution < 1.29 is 29.1 Å². The number of carbonyl (C=O) groups is 5. The van der Waals surface area contributed by atoms with Crippen molar-refractivity contribution in [1.29, 1.82) is 0 Å². The number of primary amides is 1. The molecule has 0 bridgehead atoms. The van der Waals surface area contributed by atoms with Gasteiger partial charge in [-0.3, -0.25) is 19.2 Å². The normalized spacial score (nSPS) is 32.2. The van der Waals surface area contributed by atoms with E-state index in [1.807, 2.05) is 6.08 Å². The Bertz CT molecular complexity index is 1470. The minimum Gasteiger partial charge on any atom is -0.508 e. The van der Waals surface area contributed by atoms with Crippen molar-refractivity contribution in [2.24, 2.45) is 34.8 Å². The van der Waals surface area contributed by atoms with Gasteiger partial charge in [-0.2, -0.15) is 4.90 Å². The molecule has 4 aliphatic rings. The van der Waals surface area contributed by atoms with Crippen LogP contribution in [0.1, 0.15) is 31.2 Å². The Hall–Kier alpha value is -3.79. The van der Waals surface area contributed by atoms with E-state index in [9.17, 15) is 29.1 Å². The lowest BCUT2D eigenvalue weighted by atomic mass is 9.51. The number of aromatic hydroxyl groups is 1. The molecule has 3 N–H and O–H groups in total. The van der Waals surface area contributed by atoms with Gasteiger partial charge in [-0.05, 0) is 56.0 Å². The molecule has 194 valence electrons. The second kappa shape index (κ2) is 8.36. The zero-order chi connectivity index (χ0) is 27.1. The van der Waals surface area contributed by atoms with Crippen molar-refractivity contribution in [2.75, 3.05) is 4.90 Å². The lowest BCUT2D eigenvalue weighted by Gasteiger charge is -2.49. The summed E-state index contributed by atoms with van der Waals surface area (Å²) < 4.78 is 0.672. The average molecular weight is 578 g/mol. The molecule has 38 heavy (non-hydrogen) atoms. The average Bonchev–Trinajstić information content (AvgIpc) is 3.26. The lowest BCUT2D eigenvalue weighted by Crippen LogP contribution is -2.49. The van der Waals surface area contributed by atoms with Crippen LogP contribution in [0.5, 0.6) is 5.75 Å². The summed E-state index contributed by atoms with van der Waals surface area (Å²) in [5, 5.41) is 11.0. The van der Waals surface area contributed by atoms with E-state index in [0.29, 0.717) is 26.2 Å². The molecule has 2 aliphatic carbocycles. The van der Waals surface area contributed by atoms with Crippen LogP contribution < -0.4 is 10.6 Å². The van der Waals surface area contributed by atoms with Crippen LogP contribution >= 0.6 is 15.9 Å². The van der Waals surface area contributed by atoms with Gasteiger partial charge in [0.15, 0.2) is 0 Å². The van der Waals surface area contributed by atoms with Crippen molar-refractivity contribution in [3.8, 4) is 5.75 Å². The number of hydrogen-bond acceptors (Lipinski definition) is 6. The number of allylic oxidation sites excluding steroid dienone is 2. The van der Waals surface area contributed by atoms with Crippen molar-refractivity contribution in [3.63, 3.8) is 0 Å². The van der Waals surface area contributed by atoms with Crippen molar-refractivity contribution in [1.82, 2.24) is 4.90 Å². The van der Waals surface area contributed by atoms with Crippen LogP contribution in [0.2, 0.25) is 0 Å². The predicted octanol–water partition coefficient (Wildman–Crippen LogP) is 3.46. The number of nitrogens with zero attached hydrogens (tertiary/aromatic N) is 2. The largest absolute Gasteiger partial charge is 0.508 e. The van der Waals surface area contributed by atoms with E-state index in [1.165, 1.54) is 11.0 Å². The SMILES string of the molecule is CC12C(=O)N(c3ccccc3)C(=O)C1CC1C(=CCC3C(=O)N(C(N)=O)C(=O)C31)C2c1cc(Br)ccc1O. The number of fused-ring (bicyclic) bond motifs is 4. The number of amides is 6. The second-order valence-corrected chi connectivity index (χ2v) is 11.5. The topological polar surface area (TPSA) is 138 Å². The number of phenolic OH excluding ortho intramolecular Hbond substituents is 1. The first-order valence-corrected chi connectivity index (χ1v) is 13.2. The summed E-state index contributed by atoms with van der Waals surface area (Å²) in [5.74, 6) is -5.99. The third-order valence-electron chi connectivity index (χ3n) is 8.81. The van der Waals surface area contributed by atoms with E-state index >= 15 is 0 Å². The minimum absolute atomic E-state index is 0.0483. The van der Waals surface area contributed by atoms with E-state index in [2.05, 4.69) is 15.9 Å². The van der Waals surface area contributed by atoms with Gasteiger partial charge in [0.05, 0.1) is 28.9 Å². The molecule has 0 radical (unpaired) electrons. The maximum atomic E-state index is 14.2. The molecule has 2 heterocycles. The van der Waals surface area contributed by atoms with Gasteiger partial charge in [-0.15, -0.1) is 0 Å². The summed E-state index contributed by atoms with van der Waals surface area (Å²) in [7, 11) is 0. The Balaban J connectivity index is 1.55. The first kappa shape index (κ1) is 24.5. The van der Waals surface area contributed by atoms with Gasteiger partial charge in [0.25, 0.3) is 0 Å². The fourth-order valence-electron chi connectivity index (χ4n) is 7.16. The molecule has 6 unspecified atom stereocenters. The number of halogens is 1. The fourth-order valence-corrected chi connectivity index (χ4v) is 7.54. The van der Waals surface area contributed by atoms with E-state index < -0.39 is 64.7 Å². The number of phenols is 1. The summed E-state index contributed by atoms with van der Waals surface area (Å²) in [4.78, 5) is 68.2. The number of imide groups is 4. The molecular formula is C28H24BrN3O6. The number of benzene rings is 2. The van der Waals surface area contributed by atoms with E-state index in [4.69, 9.17) is 5.73 Å². The summed E-state index contributed by atoms with van der Waals surface area (Å²) in [6.07, 6.45) is 2.17. The summed E-state index contributed by atoms with van der Waals surface area (Å²) in [6, 6.07) is 12.4. The monoisotopic (exact) mass is 577 g/mol. The summed E-state index contributed by atoms with van der Waals surface area (Å²) in [6.45, 7) is 1.74. The highest BCUT2D eigenvalue weighted by molar-refractivity contribution is 9.10. The van der Waals surface area contributed by atoms with E-state index in [0.717, 1.165) is 0 Å². The number of likely N-dealkylation sites (tertiary alicyclic amines) is 1. The maximum Gasteiger partial charge on any atom is 0.328 e. The highest BCUT2D eigenvalue weighted by atomic mass is 79.9. The van der Waals surface area contributed by atoms with Crippen molar-refractivity contribution in [2.45, 2.75) is 25.7 Å². The molecule has 1 saturated carbocycles. The van der Waals surface area contributed by atoms with Crippen LogP contribution in [-0.2, 0) is 19.2 Å². The van der Waals surface area contributed by atoms with Crippen molar-refractivity contribution in [3.05, 3.63) is 70.2 Å². The van der Waals surface area contributed by atoms with Gasteiger partial charge < -0.3 is 10.8 Å². The van der Waals surface area contributed by atoms with Crippen LogP contribution in [0.4, 0.5) is 10.5 Å². The van der Waals surface area contributed by atoms with Crippen LogP contribution in [0, 0.1) is 29.1 Å². The number of urea groups is 1. The molecule has 9 nitrogen and oxygen atoms in total. The molecule has 0 aromatic heterocycles. The molecular weight excluding hydrogens is 554 g/mol. The summed E-state index contributed by atoms with van der Waals surface area (Å²) in [5.41, 5.74) is 5.70. The Labute approximate surface area is 226 Å². The molecule has 0 spiro atoms. The molecule has 6 atom stereocenters. The Morgan fingerprint density at radius 3 is 2.42 bits per heavy atom. The van der Waals surface area contributed by atoms with Crippen LogP contribution in [-0.4, -0.2) is 39.7 Å². The second-order valence-electron chi connectivity index (χ2n) is 10.6. The highest BCUT2D eigenvalue weighted by Gasteiger charge is 2.68. The van der Waals surface area contributed by atoms with Crippen LogP contribution in [0.15, 0.2) is 64.7 Å². The molecule has 6 amide bonds. The van der Waals surface area contributed by atoms with E-state index in [1.54, 1.807) is 49.4 Å². The zero-order valence-corrected chi connectivity index (χ0v) is 21.9. The van der Waals surface area contributed by atoms with Gasteiger partial charge >= 0.3 is 6.03 Å². The number of nitrogens with two attached hydrogens (primary N) is 1. The quantitative estimate of drug-likeness (QED) is 0.414. The molecule has 10 heteroatoms. The highest BCUT2D eigenvalue weighted by Crippen LogP contribution is 2.64. The molecule has 6 rings (SSSR count). The van der Waals surface area contributed by atoms with Gasteiger partial charge in [-0.1, -0.05) is 45.8 Å². The fraction of sp³-hybridized carbons (Fsp3) is 0.321. The van der Waals surface area contributed by atoms with Gasteiger partial charge in [-0.25, -0.2) is 9.69 Å². The molecule has 2 aliphatic heterocycles. The third kappa shape index (κ3) is 3.12. The predicted molar refractivity (Wildman–Crippen MR) is 138 cm³/mol. The smallest absolute Gasteiger partial charge is 0.328 e. The maximum absolute atomic E-state index is 14.2. The minimum atomic E-state index is -1.27. The van der Waals surface area contributed by atoms with Gasteiger partial charge in [0.2, 0.25) is 23.6 Å². The van der Waals surface area contributed by atoms with Crippen LogP contribution in [0.3, 0.4) is 0 Å². The number of carbonyl (C=O) groups excluding carboxylic acids is 5. The number of para-hydroxylation sites is 1. The first-order chi connectivity index (χ1) is 18.1. The number of anilines is 1. The van der Waals surface area contributed by atoms with Gasteiger partial charge in [0.1, 0.15) is 5.75 Å². The lowest BCUT2D eigenvalue weighted by molar-refractivity contribution is -0.136. The standard InChI is InChI=1S/C28H24BrN3O6/c1-28-19(24(35)31(26(28)37)14-5-3-2-4-6-14)12-17-15(22(28)18-11-13(29)7-10-20(18)33)8-9-16-21(17)25(36)32(23(16)34)27(30)38/h2-8,10-11,16-17,19,21-22,33H,9,12H2,1H3,(H2,30,38). The Kier molecular flexibility index (Phi) is 5.40. The van der Waals surface area contributed by atoms with Gasteiger partial charge in [0, 0.05) is 16.0 Å².